The summed E-state index contributed by atoms with van der Waals surface area (Å²) in [5.41, 5.74) is 2.47. The average Bonchev–Trinajstić information content (AvgIpc) is 3.23. The van der Waals surface area contributed by atoms with Gasteiger partial charge in [0.15, 0.2) is 16.6 Å². The van der Waals surface area contributed by atoms with Gasteiger partial charge in [0.1, 0.15) is 0 Å². The molecule has 33 heavy (non-hydrogen) atoms. The summed E-state index contributed by atoms with van der Waals surface area (Å²) in [6.07, 6.45) is 3.26. The lowest BCUT2D eigenvalue weighted by molar-refractivity contribution is -0.114. The number of thiazole rings is 1. The van der Waals surface area contributed by atoms with Crippen LogP contribution in [0.15, 0.2) is 30.3 Å². The molecule has 0 atom stereocenters. The molecule has 0 N–H and O–H groups in total. The number of rotatable bonds is 9. The Morgan fingerprint density at radius 3 is 2.33 bits per heavy atom. The van der Waals surface area contributed by atoms with Crippen LogP contribution in [0.4, 0.5) is 5.13 Å². The number of ether oxygens (including phenoxy) is 3. The van der Waals surface area contributed by atoms with Gasteiger partial charge >= 0.3 is 0 Å². The molecule has 0 bridgehead atoms. The van der Waals surface area contributed by atoms with E-state index in [1.165, 1.54) is 17.4 Å². The summed E-state index contributed by atoms with van der Waals surface area (Å²) in [6.45, 7) is 3.13. The smallest absolute Gasteiger partial charge is 0.252 e. The lowest BCUT2D eigenvalue weighted by Crippen LogP contribution is -2.35. The van der Waals surface area contributed by atoms with Crippen LogP contribution in [0.1, 0.15) is 11.1 Å². The molecule has 2 aromatic carbocycles. The highest BCUT2D eigenvalue weighted by atomic mass is 35.5. The van der Waals surface area contributed by atoms with Crippen LogP contribution in [-0.2, 0) is 4.79 Å². The second-order valence-electron chi connectivity index (χ2n) is 7.60. The van der Waals surface area contributed by atoms with Crippen LogP contribution in [-0.4, -0.2) is 64.3 Å². The molecule has 0 aliphatic heterocycles. The van der Waals surface area contributed by atoms with Crippen LogP contribution >= 0.6 is 22.9 Å². The van der Waals surface area contributed by atoms with Gasteiger partial charge in [-0.05, 0) is 62.5 Å². The van der Waals surface area contributed by atoms with E-state index in [4.69, 9.17) is 30.8 Å². The van der Waals surface area contributed by atoms with Crippen molar-refractivity contribution in [2.75, 3.05) is 53.4 Å². The molecule has 0 aliphatic rings. The Balaban J connectivity index is 1.95. The minimum atomic E-state index is -0.173. The molecule has 176 valence electrons. The van der Waals surface area contributed by atoms with E-state index < -0.39 is 0 Å². The lowest BCUT2D eigenvalue weighted by Gasteiger charge is -2.20. The summed E-state index contributed by atoms with van der Waals surface area (Å²) >= 11 is 7.74. The predicted molar refractivity (Wildman–Crippen MR) is 135 cm³/mol. The number of aromatic nitrogens is 1. The van der Waals surface area contributed by atoms with Gasteiger partial charge in [0.05, 0.1) is 31.5 Å². The lowest BCUT2D eigenvalue weighted by atomic mass is 10.1. The third-order valence-corrected chi connectivity index (χ3v) is 6.56. The molecule has 7 nitrogen and oxygen atoms in total. The van der Waals surface area contributed by atoms with Crippen molar-refractivity contribution in [2.45, 2.75) is 6.92 Å². The van der Waals surface area contributed by atoms with Crippen molar-refractivity contribution in [3.8, 4) is 17.2 Å². The van der Waals surface area contributed by atoms with E-state index >= 15 is 0 Å². The molecule has 0 unspecified atom stereocenters. The van der Waals surface area contributed by atoms with Crippen molar-refractivity contribution in [1.29, 1.82) is 0 Å². The van der Waals surface area contributed by atoms with Gasteiger partial charge in [0.25, 0.3) is 5.91 Å². The maximum atomic E-state index is 13.3. The molecular weight excluding hydrogens is 462 g/mol. The number of aryl methyl sites for hydroxylation is 1. The molecule has 0 spiro atoms. The number of methoxy groups -OCH3 is 3. The third-order valence-electron chi connectivity index (χ3n) is 5.11. The number of likely N-dealkylation sites (N-methyl/N-ethyl adjacent to an activating group) is 1. The Bertz CT molecular complexity index is 1150. The number of hydrogen-bond donors (Lipinski definition) is 0. The highest BCUT2D eigenvalue weighted by Crippen LogP contribution is 2.38. The zero-order chi connectivity index (χ0) is 24.1. The van der Waals surface area contributed by atoms with Gasteiger partial charge in [0, 0.05) is 24.2 Å². The maximum absolute atomic E-state index is 13.3. The van der Waals surface area contributed by atoms with Crippen molar-refractivity contribution < 1.29 is 19.0 Å². The minimum Gasteiger partial charge on any atom is -0.493 e. The van der Waals surface area contributed by atoms with E-state index in [2.05, 4.69) is 0 Å². The number of amides is 1. The van der Waals surface area contributed by atoms with Crippen molar-refractivity contribution in [2.24, 2.45) is 0 Å². The Kier molecular flexibility index (Phi) is 8.18. The molecular formula is C24H28ClN3O4S. The summed E-state index contributed by atoms with van der Waals surface area (Å²) in [5.74, 6) is 1.37. The fraction of sp³-hybridized carbons (Fsp3) is 0.333. The zero-order valence-electron chi connectivity index (χ0n) is 19.6. The molecule has 1 amide bonds. The summed E-state index contributed by atoms with van der Waals surface area (Å²) in [7, 11) is 8.60. The van der Waals surface area contributed by atoms with Crippen LogP contribution in [0.2, 0.25) is 5.02 Å². The van der Waals surface area contributed by atoms with E-state index in [1.807, 2.05) is 38.1 Å². The predicted octanol–water partition coefficient (Wildman–Crippen LogP) is 4.89. The Morgan fingerprint density at radius 1 is 1.09 bits per heavy atom. The van der Waals surface area contributed by atoms with E-state index in [0.29, 0.717) is 40.5 Å². The standard InChI is InChI=1S/C24H28ClN3O4S/c1-15-17(25)8-9-20-22(15)26-24(33-20)28(12-11-27(2)3)21(29)10-7-16-13-18(30-4)23(32-6)19(14-16)31-5/h7-10,13-14H,11-12H2,1-6H3/b10-7+. The monoisotopic (exact) mass is 489 g/mol. The van der Waals surface area contributed by atoms with Gasteiger partial charge < -0.3 is 19.1 Å². The Hall–Kier alpha value is -2.81. The van der Waals surface area contributed by atoms with Gasteiger partial charge in [-0.25, -0.2) is 4.98 Å². The zero-order valence-corrected chi connectivity index (χ0v) is 21.2. The molecule has 1 heterocycles. The fourth-order valence-corrected chi connectivity index (χ4v) is 4.47. The van der Waals surface area contributed by atoms with Gasteiger partial charge in [-0.3, -0.25) is 9.69 Å². The molecule has 0 radical (unpaired) electrons. The summed E-state index contributed by atoms with van der Waals surface area (Å²) in [6, 6.07) is 7.38. The summed E-state index contributed by atoms with van der Waals surface area (Å²) in [4.78, 5) is 21.7. The number of carbonyl (C=O) groups is 1. The largest absolute Gasteiger partial charge is 0.493 e. The van der Waals surface area contributed by atoms with Gasteiger partial charge in [-0.15, -0.1) is 0 Å². The molecule has 0 saturated heterocycles. The third kappa shape index (κ3) is 5.58. The number of benzene rings is 2. The summed E-state index contributed by atoms with van der Waals surface area (Å²) in [5, 5.41) is 1.30. The number of hydrogen-bond acceptors (Lipinski definition) is 7. The molecule has 0 saturated carbocycles. The van der Waals surface area contributed by atoms with Crippen LogP contribution in [0.25, 0.3) is 16.3 Å². The van der Waals surface area contributed by atoms with E-state index in [1.54, 1.807) is 44.4 Å². The first kappa shape index (κ1) is 24.8. The molecule has 9 heteroatoms. The number of fused-ring (bicyclic) bond motifs is 1. The maximum Gasteiger partial charge on any atom is 0.252 e. The van der Waals surface area contributed by atoms with Crippen molar-refractivity contribution in [3.63, 3.8) is 0 Å². The van der Waals surface area contributed by atoms with Gasteiger partial charge in [-0.2, -0.15) is 0 Å². The number of carbonyl (C=O) groups excluding carboxylic acids is 1. The SMILES string of the molecule is COc1cc(/C=C/C(=O)N(CCN(C)C)c2nc3c(C)c(Cl)ccc3s2)cc(OC)c1OC. The first-order chi connectivity index (χ1) is 15.8. The van der Waals surface area contributed by atoms with E-state index in [-0.39, 0.29) is 5.91 Å². The molecule has 3 aromatic rings. The number of nitrogens with zero attached hydrogens (tertiary/aromatic N) is 3. The second-order valence-corrected chi connectivity index (χ2v) is 9.02. The number of halogens is 1. The van der Waals surface area contributed by atoms with Crippen LogP contribution in [0.5, 0.6) is 17.2 Å². The van der Waals surface area contributed by atoms with E-state index in [0.717, 1.165) is 21.3 Å². The first-order valence-electron chi connectivity index (χ1n) is 10.3. The Morgan fingerprint density at radius 2 is 1.76 bits per heavy atom. The highest BCUT2D eigenvalue weighted by Gasteiger charge is 2.20. The van der Waals surface area contributed by atoms with Crippen molar-refractivity contribution in [3.05, 3.63) is 46.5 Å². The van der Waals surface area contributed by atoms with E-state index in [9.17, 15) is 4.79 Å². The second kappa shape index (κ2) is 10.9. The minimum absolute atomic E-state index is 0.173. The van der Waals surface area contributed by atoms with Crippen LogP contribution in [0.3, 0.4) is 0 Å². The summed E-state index contributed by atoms with van der Waals surface area (Å²) < 4.78 is 17.2. The average molecular weight is 490 g/mol. The molecule has 3 rings (SSSR count). The quantitative estimate of drug-likeness (QED) is 0.399. The topological polar surface area (TPSA) is 64.1 Å². The van der Waals surface area contributed by atoms with Crippen LogP contribution < -0.4 is 19.1 Å². The molecule has 0 aliphatic carbocycles. The van der Waals surface area contributed by atoms with Crippen LogP contribution in [0, 0.1) is 6.92 Å². The van der Waals surface area contributed by atoms with Gasteiger partial charge in [0.2, 0.25) is 5.75 Å². The fourth-order valence-electron chi connectivity index (χ4n) is 3.26. The molecule has 1 aromatic heterocycles. The highest BCUT2D eigenvalue weighted by molar-refractivity contribution is 7.22. The first-order valence-corrected chi connectivity index (χ1v) is 11.5. The molecule has 0 fully saturated rings. The Labute approximate surface area is 203 Å². The van der Waals surface area contributed by atoms with Gasteiger partial charge in [-0.1, -0.05) is 22.9 Å². The van der Waals surface area contributed by atoms with Crippen molar-refractivity contribution >= 4 is 50.3 Å². The number of anilines is 1. The normalized spacial score (nSPS) is 11.4. The van der Waals surface area contributed by atoms with Crippen molar-refractivity contribution in [1.82, 2.24) is 9.88 Å².